The molecule has 1 fully saturated rings. The molecule has 2 aliphatic heterocycles. The number of carbonyl (C=O) groups is 1. The predicted molar refractivity (Wildman–Crippen MR) is 135 cm³/mol. The highest BCUT2D eigenvalue weighted by atomic mass is 32.2. The molecule has 0 saturated carbocycles. The summed E-state index contributed by atoms with van der Waals surface area (Å²) >= 11 is 0. The van der Waals surface area contributed by atoms with Crippen molar-refractivity contribution >= 4 is 21.6 Å². The Morgan fingerprint density at radius 2 is 1.76 bits per heavy atom. The van der Waals surface area contributed by atoms with Crippen LogP contribution in [0.15, 0.2) is 42.5 Å². The summed E-state index contributed by atoms with van der Waals surface area (Å²) in [5.74, 6) is 0.0782. The van der Waals surface area contributed by atoms with E-state index in [1.807, 2.05) is 30.3 Å². The van der Waals surface area contributed by atoms with E-state index in [0.29, 0.717) is 18.0 Å². The first-order valence-corrected chi connectivity index (χ1v) is 13.7. The molecule has 0 radical (unpaired) electrons. The van der Waals surface area contributed by atoms with E-state index in [1.54, 1.807) is 6.07 Å². The van der Waals surface area contributed by atoms with Gasteiger partial charge in [0.2, 0.25) is 10.0 Å². The van der Waals surface area contributed by atoms with Gasteiger partial charge >= 0.3 is 0 Å². The lowest BCUT2D eigenvalue weighted by molar-refractivity contribution is -0.127. The monoisotopic (exact) mass is 485 g/mol. The van der Waals surface area contributed by atoms with Gasteiger partial charge in [-0.15, -0.1) is 0 Å². The van der Waals surface area contributed by atoms with Crippen molar-refractivity contribution in [1.29, 1.82) is 0 Å². The molecule has 1 atom stereocenters. The van der Waals surface area contributed by atoms with Gasteiger partial charge in [-0.3, -0.25) is 14.0 Å². The molecule has 2 aromatic carbocycles. The Hall–Kier alpha value is -2.58. The number of nitrogens with one attached hydrogen (secondary N) is 1. The van der Waals surface area contributed by atoms with Crippen molar-refractivity contribution in [2.45, 2.75) is 58.2 Å². The Morgan fingerprint density at radius 1 is 1.09 bits per heavy atom. The Labute approximate surface area is 203 Å². The van der Waals surface area contributed by atoms with E-state index < -0.39 is 16.1 Å². The minimum atomic E-state index is -3.59. The highest BCUT2D eigenvalue weighted by Crippen LogP contribution is 2.38. The fraction of sp³-hybridized carbons (Fsp3) is 0.500. The van der Waals surface area contributed by atoms with Gasteiger partial charge in [0.15, 0.2) is 6.10 Å². The molecule has 2 aromatic rings. The average molecular weight is 486 g/mol. The fourth-order valence-electron chi connectivity index (χ4n) is 4.53. The van der Waals surface area contributed by atoms with Crippen LogP contribution in [0.4, 0.5) is 5.69 Å². The third-order valence-corrected chi connectivity index (χ3v) is 7.70. The Kier molecular flexibility index (Phi) is 6.92. The zero-order chi connectivity index (χ0) is 24.5. The number of anilines is 1. The number of benzene rings is 2. The molecular weight excluding hydrogens is 450 g/mol. The molecule has 184 valence electrons. The number of hydrogen-bond donors (Lipinski definition) is 1. The highest BCUT2D eigenvalue weighted by Gasteiger charge is 2.35. The quantitative estimate of drug-likeness (QED) is 0.678. The van der Waals surface area contributed by atoms with Crippen molar-refractivity contribution in [2.24, 2.45) is 0 Å². The number of nitrogens with zero attached hydrogens (tertiary/aromatic N) is 2. The third-order valence-electron chi connectivity index (χ3n) is 6.55. The molecule has 0 aliphatic carbocycles. The standard InChI is InChI=1S/C26H35N3O4S/c1-26(2,3)21-11-12-23-22(15-21)29(34(4,31)32)18-24(33-23)25(30)27-16-19-9-5-6-10-20(19)17-28-13-7-8-14-28/h5-6,9-12,15,24H,7-8,13-14,16-18H2,1-4H3,(H,27,30)/t24-/m1/s1. The van der Waals surface area contributed by atoms with Crippen LogP contribution in [0, 0.1) is 0 Å². The second-order valence-electron chi connectivity index (χ2n) is 10.3. The molecule has 7 nitrogen and oxygen atoms in total. The predicted octanol–water partition coefficient (Wildman–Crippen LogP) is 3.42. The van der Waals surface area contributed by atoms with Crippen LogP contribution >= 0.6 is 0 Å². The zero-order valence-electron chi connectivity index (χ0n) is 20.5. The van der Waals surface area contributed by atoms with E-state index in [-0.39, 0.29) is 17.9 Å². The van der Waals surface area contributed by atoms with Gasteiger partial charge in [0.25, 0.3) is 5.91 Å². The molecule has 2 aliphatic rings. The van der Waals surface area contributed by atoms with Crippen molar-refractivity contribution in [3.05, 3.63) is 59.2 Å². The number of ether oxygens (including phenoxy) is 1. The number of amides is 1. The van der Waals surface area contributed by atoms with E-state index in [4.69, 9.17) is 4.74 Å². The molecule has 1 N–H and O–H groups in total. The summed E-state index contributed by atoms with van der Waals surface area (Å²) in [6.07, 6.45) is 2.70. The number of carbonyl (C=O) groups excluding carboxylic acids is 1. The molecule has 0 unspecified atom stereocenters. The van der Waals surface area contributed by atoms with Gasteiger partial charge in [0, 0.05) is 13.1 Å². The van der Waals surface area contributed by atoms with Gasteiger partial charge in [-0.25, -0.2) is 8.42 Å². The van der Waals surface area contributed by atoms with Crippen molar-refractivity contribution in [3.8, 4) is 5.75 Å². The van der Waals surface area contributed by atoms with Crippen molar-refractivity contribution in [1.82, 2.24) is 10.2 Å². The topological polar surface area (TPSA) is 79.0 Å². The van der Waals surface area contributed by atoms with Crippen molar-refractivity contribution in [3.63, 3.8) is 0 Å². The largest absolute Gasteiger partial charge is 0.476 e. The lowest BCUT2D eigenvalue weighted by atomic mass is 9.86. The van der Waals surface area contributed by atoms with E-state index in [1.165, 1.54) is 22.7 Å². The first-order chi connectivity index (χ1) is 16.0. The van der Waals surface area contributed by atoms with Gasteiger partial charge in [0.1, 0.15) is 5.75 Å². The van der Waals surface area contributed by atoms with E-state index in [2.05, 4.69) is 37.1 Å². The molecule has 1 amide bonds. The maximum Gasteiger partial charge on any atom is 0.263 e. The number of fused-ring (bicyclic) bond motifs is 1. The van der Waals surface area contributed by atoms with Crippen LogP contribution in [0.25, 0.3) is 0 Å². The Bertz CT molecular complexity index is 1150. The molecule has 1 saturated heterocycles. The molecule has 0 spiro atoms. The summed E-state index contributed by atoms with van der Waals surface area (Å²) in [5, 5.41) is 2.97. The Morgan fingerprint density at radius 3 is 2.41 bits per heavy atom. The average Bonchev–Trinajstić information content (AvgIpc) is 3.29. The maximum atomic E-state index is 13.1. The lowest BCUT2D eigenvalue weighted by Gasteiger charge is -2.35. The number of likely N-dealkylation sites (tertiary alicyclic amines) is 1. The number of rotatable bonds is 6. The fourth-order valence-corrected chi connectivity index (χ4v) is 5.44. The van der Waals surface area contributed by atoms with Crippen LogP contribution in [0.1, 0.15) is 50.3 Å². The third kappa shape index (κ3) is 5.55. The summed E-state index contributed by atoms with van der Waals surface area (Å²) in [6, 6.07) is 13.7. The molecule has 0 bridgehead atoms. The maximum absolute atomic E-state index is 13.1. The van der Waals surface area contributed by atoms with Crippen LogP contribution in [0.2, 0.25) is 0 Å². The van der Waals surface area contributed by atoms with Crippen molar-refractivity contribution < 1.29 is 17.9 Å². The van der Waals surface area contributed by atoms with E-state index in [9.17, 15) is 13.2 Å². The van der Waals surface area contributed by atoms with Crippen molar-refractivity contribution in [2.75, 3.05) is 30.2 Å². The van der Waals surface area contributed by atoms with Gasteiger partial charge in [0.05, 0.1) is 18.5 Å². The minimum Gasteiger partial charge on any atom is -0.476 e. The van der Waals surface area contributed by atoms with Crippen LogP contribution in [-0.2, 0) is 33.3 Å². The van der Waals surface area contributed by atoms with Crippen LogP contribution in [0.3, 0.4) is 0 Å². The molecule has 0 aromatic heterocycles. The summed E-state index contributed by atoms with van der Waals surface area (Å²) < 4.78 is 32.5. The lowest BCUT2D eigenvalue weighted by Crippen LogP contribution is -2.50. The molecule has 8 heteroatoms. The molecule has 4 rings (SSSR count). The number of hydrogen-bond acceptors (Lipinski definition) is 5. The van der Waals surface area contributed by atoms with Gasteiger partial charge in [-0.05, 0) is 60.2 Å². The summed E-state index contributed by atoms with van der Waals surface area (Å²) in [4.78, 5) is 15.5. The van der Waals surface area contributed by atoms with Gasteiger partial charge in [-0.1, -0.05) is 51.1 Å². The molecule has 34 heavy (non-hydrogen) atoms. The van der Waals surface area contributed by atoms with Crippen LogP contribution < -0.4 is 14.4 Å². The van der Waals surface area contributed by atoms with Crippen LogP contribution in [0.5, 0.6) is 5.75 Å². The first kappa shape index (κ1) is 24.5. The summed E-state index contributed by atoms with van der Waals surface area (Å²) in [6.45, 7) is 9.61. The SMILES string of the molecule is CC(C)(C)c1ccc2c(c1)N(S(C)(=O)=O)C[C@H](C(=O)NCc1ccccc1CN1CCCC1)O2. The number of sulfonamides is 1. The minimum absolute atomic E-state index is 0.0549. The normalized spacial score (nSPS) is 18.9. The molecular formula is C26H35N3O4S. The van der Waals surface area contributed by atoms with Crippen LogP contribution in [-0.4, -0.2) is 51.2 Å². The summed E-state index contributed by atoms with van der Waals surface area (Å²) in [7, 11) is -3.59. The Balaban J connectivity index is 1.50. The second-order valence-corrected chi connectivity index (χ2v) is 12.2. The smallest absolute Gasteiger partial charge is 0.263 e. The van der Waals surface area contributed by atoms with Gasteiger partial charge in [-0.2, -0.15) is 0 Å². The van der Waals surface area contributed by atoms with E-state index in [0.717, 1.165) is 37.0 Å². The second kappa shape index (κ2) is 9.58. The summed E-state index contributed by atoms with van der Waals surface area (Å²) in [5.41, 5.74) is 3.60. The highest BCUT2D eigenvalue weighted by molar-refractivity contribution is 7.92. The van der Waals surface area contributed by atoms with Gasteiger partial charge < -0.3 is 10.1 Å². The molecule has 2 heterocycles. The van der Waals surface area contributed by atoms with E-state index >= 15 is 0 Å². The first-order valence-electron chi connectivity index (χ1n) is 11.9. The zero-order valence-corrected chi connectivity index (χ0v) is 21.3.